The van der Waals surface area contributed by atoms with Gasteiger partial charge in [-0.2, -0.15) is 0 Å². The van der Waals surface area contributed by atoms with E-state index in [0.29, 0.717) is 19.3 Å². The van der Waals surface area contributed by atoms with E-state index in [-0.39, 0.29) is 30.4 Å². The summed E-state index contributed by atoms with van der Waals surface area (Å²) in [5, 5.41) is 20.1. The SMILES string of the molecule is C=CO.CCOC(=O)[C@H](CCc1ccccc1)N[C@@H](C)C(=O)N1[C@H](C(=O)O)C[C@@H]2CCC[C@@H]21. The third-order valence-corrected chi connectivity index (χ3v) is 6.33. The summed E-state index contributed by atoms with van der Waals surface area (Å²) in [5.41, 5.74) is 1.10. The van der Waals surface area contributed by atoms with Crippen LogP contribution >= 0.6 is 0 Å². The Morgan fingerprint density at radius 3 is 2.55 bits per heavy atom. The van der Waals surface area contributed by atoms with E-state index in [0.717, 1.165) is 31.1 Å². The number of aliphatic hydroxyl groups excluding tert-OH is 1. The van der Waals surface area contributed by atoms with Crippen LogP contribution in [0.15, 0.2) is 43.2 Å². The molecule has 1 saturated heterocycles. The maximum atomic E-state index is 13.2. The number of ether oxygens (including phenoxy) is 1. The first kappa shape index (κ1) is 26.4. The minimum atomic E-state index is -0.948. The van der Waals surface area contributed by atoms with Gasteiger partial charge in [-0.3, -0.25) is 14.9 Å². The van der Waals surface area contributed by atoms with Gasteiger partial charge in [0.1, 0.15) is 12.1 Å². The van der Waals surface area contributed by atoms with Gasteiger partial charge in [0.25, 0.3) is 0 Å². The van der Waals surface area contributed by atoms with Crippen LogP contribution in [-0.2, 0) is 25.5 Å². The molecule has 3 N–H and O–H groups in total. The summed E-state index contributed by atoms with van der Waals surface area (Å²) in [5.74, 6) is -1.31. The lowest BCUT2D eigenvalue weighted by Crippen LogP contribution is -2.55. The summed E-state index contributed by atoms with van der Waals surface area (Å²) < 4.78 is 5.21. The van der Waals surface area contributed by atoms with E-state index >= 15 is 0 Å². The molecule has 0 aromatic heterocycles. The number of hydrogen-bond acceptors (Lipinski definition) is 6. The zero-order chi connectivity index (χ0) is 24.4. The maximum absolute atomic E-state index is 13.2. The molecule has 5 atom stereocenters. The molecule has 0 bridgehead atoms. The topological polar surface area (TPSA) is 116 Å². The lowest BCUT2D eigenvalue weighted by Gasteiger charge is -2.31. The third-order valence-electron chi connectivity index (χ3n) is 6.33. The fourth-order valence-electron chi connectivity index (χ4n) is 4.89. The Morgan fingerprint density at radius 1 is 1.27 bits per heavy atom. The van der Waals surface area contributed by atoms with Gasteiger partial charge in [-0.05, 0) is 57.4 Å². The van der Waals surface area contributed by atoms with Crippen LogP contribution in [0.4, 0.5) is 0 Å². The highest BCUT2D eigenvalue weighted by Crippen LogP contribution is 2.41. The van der Waals surface area contributed by atoms with Crippen LogP contribution in [0.3, 0.4) is 0 Å². The lowest BCUT2D eigenvalue weighted by molar-refractivity contribution is -0.151. The number of carboxylic acids is 1. The zero-order valence-electron chi connectivity index (χ0n) is 19.5. The minimum Gasteiger partial charge on any atom is -0.516 e. The van der Waals surface area contributed by atoms with Crippen molar-refractivity contribution in [2.24, 2.45) is 5.92 Å². The minimum absolute atomic E-state index is 0.00629. The number of aliphatic carboxylic acids is 1. The van der Waals surface area contributed by atoms with E-state index in [2.05, 4.69) is 11.9 Å². The summed E-state index contributed by atoms with van der Waals surface area (Å²) >= 11 is 0. The average Bonchev–Trinajstić information content (AvgIpc) is 3.39. The van der Waals surface area contributed by atoms with Crippen molar-refractivity contribution < 1.29 is 29.3 Å². The molecule has 1 aliphatic heterocycles. The molecule has 0 spiro atoms. The molecule has 0 radical (unpaired) electrons. The normalized spacial score (nSPS) is 23.0. The van der Waals surface area contributed by atoms with Crippen molar-refractivity contribution in [1.82, 2.24) is 10.2 Å². The van der Waals surface area contributed by atoms with E-state index in [4.69, 9.17) is 9.84 Å². The van der Waals surface area contributed by atoms with Gasteiger partial charge in [0.15, 0.2) is 0 Å². The fraction of sp³-hybridized carbons (Fsp3) is 0.560. The molecule has 3 rings (SSSR count). The van der Waals surface area contributed by atoms with Gasteiger partial charge < -0.3 is 19.8 Å². The van der Waals surface area contributed by atoms with E-state index in [9.17, 15) is 19.5 Å². The van der Waals surface area contributed by atoms with Crippen LogP contribution in [-0.4, -0.2) is 63.7 Å². The van der Waals surface area contributed by atoms with Gasteiger partial charge in [-0.1, -0.05) is 43.3 Å². The van der Waals surface area contributed by atoms with Gasteiger partial charge in [0.2, 0.25) is 5.91 Å². The van der Waals surface area contributed by atoms with Crippen LogP contribution < -0.4 is 5.32 Å². The number of likely N-dealkylation sites (tertiary alicyclic amines) is 1. The Hall–Kier alpha value is -2.87. The molecule has 2 fully saturated rings. The molecule has 2 aliphatic rings. The van der Waals surface area contributed by atoms with Crippen molar-refractivity contribution in [3.8, 4) is 0 Å². The molecule has 8 heteroatoms. The predicted octanol–water partition coefficient (Wildman–Crippen LogP) is 3.07. The Labute approximate surface area is 195 Å². The van der Waals surface area contributed by atoms with Crippen LogP contribution in [0.5, 0.6) is 0 Å². The van der Waals surface area contributed by atoms with E-state index in [1.165, 1.54) is 0 Å². The molecule has 1 aliphatic carbocycles. The molecule has 182 valence electrons. The number of fused-ring (bicyclic) bond motifs is 1. The number of aryl methyl sites for hydroxylation is 1. The second-order valence-electron chi connectivity index (χ2n) is 8.49. The van der Waals surface area contributed by atoms with Gasteiger partial charge in [0.05, 0.1) is 18.9 Å². The molecular weight excluding hydrogens is 424 g/mol. The van der Waals surface area contributed by atoms with Crippen molar-refractivity contribution in [2.45, 2.75) is 76.5 Å². The highest BCUT2D eigenvalue weighted by atomic mass is 16.5. The zero-order valence-corrected chi connectivity index (χ0v) is 19.5. The highest BCUT2D eigenvalue weighted by Gasteiger charge is 2.49. The fourth-order valence-corrected chi connectivity index (χ4v) is 4.89. The van der Waals surface area contributed by atoms with Crippen molar-refractivity contribution in [3.63, 3.8) is 0 Å². The first-order chi connectivity index (χ1) is 15.8. The Bertz CT molecular complexity index is 799. The van der Waals surface area contributed by atoms with E-state index < -0.39 is 24.1 Å². The van der Waals surface area contributed by atoms with Gasteiger partial charge in [-0.15, -0.1) is 0 Å². The number of carboxylic acid groups (broad SMARTS) is 1. The number of hydrogen-bond donors (Lipinski definition) is 3. The average molecular weight is 461 g/mol. The number of amides is 1. The molecule has 1 heterocycles. The Balaban J connectivity index is 0.00000122. The molecule has 8 nitrogen and oxygen atoms in total. The quantitative estimate of drug-likeness (QED) is 0.383. The predicted molar refractivity (Wildman–Crippen MR) is 125 cm³/mol. The third kappa shape index (κ3) is 7.05. The van der Waals surface area contributed by atoms with Crippen molar-refractivity contribution in [2.75, 3.05) is 6.61 Å². The molecule has 1 amide bonds. The van der Waals surface area contributed by atoms with Crippen molar-refractivity contribution in [1.29, 1.82) is 0 Å². The molecular formula is C25H36N2O6. The van der Waals surface area contributed by atoms with Gasteiger partial charge in [-0.25, -0.2) is 4.79 Å². The number of rotatable bonds is 9. The summed E-state index contributed by atoms with van der Waals surface area (Å²) in [6.45, 7) is 6.64. The molecule has 0 unspecified atom stereocenters. The first-order valence-electron chi connectivity index (χ1n) is 11.6. The van der Waals surface area contributed by atoms with Crippen LogP contribution in [0.25, 0.3) is 0 Å². The second kappa shape index (κ2) is 13.0. The summed E-state index contributed by atoms with van der Waals surface area (Å²) in [6.07, 6.45) is 5.29. The Kier molecular flexibility index (Phi) is 10.4. The molecule has 1 aromatic rings. The monoisotopic (exact) mass is 460 g/mol. The number of carbonyl (C=O) groups is 3. The van der Waals surface area contributed by atoms with Crippen molar-refractivity contribution >= 4 is 17.8 Å². The van der Waals surface area contributed by atoms with Crippen LogP contribution in [0, 0.1) is 5.92 Å². The summed E-state index contributed by atoms with van der Waals surface area (Å²) in [7, 11) is 0. The highest BCUT2D eigenvalue weighted by molar-refractivity contribution is 5.88. The number of carbonyl (C=O) groups excluding carboxylic acids is 2. The Morgan fingerprint density at radius 2 is 1.94 bits per heavy atom. The van der Waals surface area contributed by atoms with Crippen molar-refractivity contribution in [3.05, 3.63) is 48.7 Å². The standard InChI is InChI=1S/C23H32N2O5.C2H4O/c1-3-30-23(29)18(13-12-16-8-5-4-6-9-16)24-15(2)21(26)25-19-11-7-10-17(19)14-20(25)22(27)28;1-2-3/h4-6,8-9,15,17-20,24H,3,7,10-14H2,1-2H3,(H,27,28);2-3H,1H2/t15-,17-,18-,19-,20-;/m0./s1. The molecule has 1 aromatic carbocycles. The van der Waals surface area contributed by atoms with Gasteiger partial charge in [0, 0.05) is 6.04 Å². The van der Waals surface area contributed by atoms with Gasteiger partial charge >= 0.3 is 11.9 Å². The number of aliphatic hydroxyl groups is 1. The smallest absolute Gasteiger partial charge is 0.326 e. The molecule has 33 heavy (non-hydrogen) atoms. The summed E-state index contributed by atoms with van der Waals surface area (Å²) in [6, 6.07) is 7.76. The second-order valence-corrected chi connectivity index (χ2v) is 8.49. The van der Waals surface area contributed by atoms with E-state index in [1.807, 2.05) is 30.3 Å². The first-order valence-corrected chi connectivity index (χ1v) is 11.6. The largest absolute Gasteiger partial charge is 0.516 e. The number of nitrogens with zero attached hydrogens (tertiary/aromatic N) is 1. The number of nitrogens with one attached hydrogen (secondary N) is 1. The summed E-state index contributed by atoms with van der Waals surface area (Å²) in [4.78, 5) is 39.1. The number of esters is 1. The van der Waals surface area contributed by atoms with Crippen LogP contribution in [0.1, 0.15) is 51.5 Å². The lowest BCUT2D eigenvalue weighted by atomic mass is 10.0. The molecule has 1 saturated carbocycles. The number of benzene rings is 1. The maximum Gasteiger partial charge on any atom is 0.326 e. The van der Waals surface area contributed by atoms with Crippen LogP contribution in [0.2, 0.25) is 0 Å². The van der Waals surface area contributed by atoms with E-state index in [1.54, 1.807) is 18.7 Å².